The molecule has 6 heteroatoms. The van der Waals surface area contributed by atoms with Gasteiger partial charge in [-0.15, -0.1) is 0 Å². The van der Waals surface area contributed by atoms with Crippen molar-refractivity contribution in [3.63, 3.8) is 0 Å². The van der Waals surface area contributed by atoms with Crippen LogP contribution >= 0.6 is 0 Å². The Morgan fingerprint density at radius 3 is 2.37 bits per heavy atom. The van der Waals surface area contributed by atoms with E-state index in [1.54, 1.807) is 0 Å². The van der Waals surface area contributed by atoms with Crippen molar-refractivity contribution < 1.29 is 9.53 Å². The number of urea groups is 1. The van der Waals surface area contributed by atoms with Crippen molar-refractivity contribution in [1.82, 2.24) is 15.1 Å². The molecule has 1 saturated heterocycles. The average molecular weight is 411 g/mol. The molecule has 0 radical (unpaired) electrons. The quantitative estimate of drug-likeness (QED) is 0.697. The number of carbonyl (C=O) groups excluding carboxylic acids is 1. The number of hydrogen-bond donors (Lipinski definition) is 2. The fourth-order valence-electron chi connectivity index (χ4n) is 3.75. The fraction of sp³-hybridized carbons (Fsp3) is 0.458. The topological polar surface area (TPSA) is 56.8 Å². The van der Waals surface area contributed by atoms with Crippen molar-refractivity contribution in [2.45, 2.75) is 26.5 Å². The van der Waals surface area contributed by atoms with Crippen LogP contribution in [0.5, 0.6) is 5.75 Å². The maximum Gasteiger partial charge on any atom is 0.319 e. The van der Waals surface area contributed by atoms with Crippen LogP contribution in [0.15, 0.2) is 54.6 Å². The summed E-state index contributed by atoms with van der Waals surface area (Å²) in [5.41, 5.74) is 1.71. The van der Waals surface area contributed by atoms with Gasteiger partial charge < -0.3 is 20.3 Å². The van der Waals surface area contributed by atoms with E-state index < -0.39 is 0 Å². The molecule has 0 aliphatic carbocycles. The molecule has 2 aromatic rings. The van der Waals surface area contributed by atoms with Crippen LogP contribution in [-0.2, 0) is 6.61 Å². The number of ether oxygens (including phenoxy) is 1. The van der Waals surface area contributed by atoms with E-state index in [9.17, 15) is 4.79 Å². The second-order valence-corrected chi connectivity index (χ2v) is 8.24. The smallest absolute Gasteiger partial charge is 0.319 e. The number of hydrogen-bond acceptors (Lipinski definition) is 4. The molecular formula is C24H34N4O2. The largest absolute Gasteiger partial charge is 0.489 e. The first-order valence-corrected chi connectivity index (χ1v) is 10.8. The van der Waals surface area contributed by atoms with Gasteiger partial charge in [0.2, 0.25) is 0 Å². The first-order chi connectivity index (χ1) is 14.5. The van der Waals surface area contributed by atoms with E-state index in [1.807, 2.05) is 54.6 Å². The molecule has 0 bridgehead atoms. The zero-order valence-electron chi connectivity index (χ0n) is 18.3. The number of piperazine rings is 1. The zero-order chi connectivity index (χ0) is 21.3. The Bertz CT molecular complexity index is 789. The highest BCUT2D eigenvalue weighted by Crippen LogP contribution is 2.19. The Hall–Kier alpha value is -2.57. The molecule has 2 aromatic carbocycles. The van der Waals surface area contributed by atoms with Crippen molar-refractivity contribution in [3.05, 3.63) is 60.2 Å². The lowest BCUT2D eigenvalue weighted by molar-refractivity contribution is 0.0890. The first-order valence-electron chi connectivity index (χ1n) is 10.8. The van der Waals surface area contributed by atoms with Crippen molar-refractivity contribution >= 4 is 11.7 Å². The van der Waals surface area contributed by atoms with Crippen molar-refractivity contribution in [2.75, 3.05) is 45.1 Å². The lowest BCUT2D eigenvalue weighted by Crippen LogP contribution is -2.54. The van der Waals surface area contributed by atoms with Gasteiger partial charge in [0.15, 0.2) is 0 Å². The van der Waals surface area contributed by atoms with Gasteiger partial charge in [-0.3, -0.25) is 4.90 Å². The highest BCUT2D eigenvalue weighted by molar-refractivity contribution is 5.90. The van der Waals surface area contributed by atoms with Gasteiger partial charge in [-0.1, -0.05) is 50.2 Å². The number of para-hydroxylation sites is 2. The molecule has 1 unspecified atom stereocenters. The number of amides is 2. The summed E-state index contributed by atoms with van der Waals surface area (Å²) in [5.74, 6) is 1.28. The van der Waals surface area contributed by atoms with E-state index in [1.165, 1.54) is 0 Å². The Labute approximate surface area is 180 Å². The first kappa shape index (κ1) is 22.1. The van der Waals surface area contributed by atoms with Gasteiger partial charge in [0.25, 0.3) is 0 Å². The van der Waals surface area contributed by atoms with Crippen LogP contribution in [0.4, 0.5) is 10.5 Å². The maximum absolute atomic E-state index is 12.6. The summed E-state index contributed by atoms with van der Waals surface area (Å²) in [6.07, 6.45) is 0. The molecule has 1 aliphatic heterocycles. The number of carbonyl (C=O) groups is 1. The lowest BCUT2D eigenvalue weighted by atomic mass is 10.0. The minimum absolute atomic E-state index is 0.179. The highest BCUT2D eigenvalue weighted by Gasteiger charge is 2.25. The summed E-state index contributed by atoms with van der Waals surface area (Å²) in [5, 5.41) is 6.07. The molecular weight excluding hydrogens is 376 g/mol. The van der Waals surface area contributed by atoms with Gasteiger partial charge in [-0.25, -0.2) is 4.79 Å². The molecule has 1 atom stereocenters. The zero-order valence-corrected chi connectivity index (χ0v) is 18.3. The Morgan fingerprint density at radius 2 is 1.67 bits per heavy atom. The third-order valence-corrected chi connectivity index (χ3v) is 5.65. The molecule has 162 valence electrons. The maximum atomic E-state index is 12.6. The molecule has 0 spiro atoms. The van der Waals surface area contributed by atoms with Crippen LogP contribution < -0.4 is 15.4 Å². The molecule has 6 nitrogen and oxygen atoms in total. The number of benzene rings is 2. The van der Waals surface area contributed by atoms with E-state index in [2.05, 4.69) is 41.3 Å². The van der Waals surface area contributed by atoms with E-state index >= 15 is 0 Å². The lowest BCUT2D eigenvalue weighted by Gasteiger charge is -2.39. The van der Waals surface area contributed by atoms with Crippen LogP contribution in [0.2, 0.25) is 0 Å². The third-order valence-electron chi connectivity index (χ3n) is 5.65. The Balaban J connectivity index is 1.54. The van der Waals surface area contributed by atoms with Gasteiger partial charge >= 0.3 is 6.03 Å². The van der Waals surface area contributed by atoms with E-state index in [4.69, 9.17) is 4.74 Å². The summed E-state index contributed by atoms with van der Waals surface area (Å²) in [4.78, 5) is 17.5. The number of anilines is 1. The molecule has 0 aromatic heterocycles. The molecule has 3 rings (SSSR count). The van der Waals surface area contributed by atoms with Gasteiger partial charge in [0.05, 0.1) is 0 Å². The van der Waals surface area contributed by atoms with Crippen LogP contribution in [-0.4, -0.2) is 61.6 Å². The summed E-state index contributed by atoms with van der Waals surface area (Å²) in [7, 11) is 2.16. The van der Waals surface area contributed by atoms with Crippen molar-refractivity contribution in [2.24, 2.45) is 5.92 Å². The van der Waals surface area contributed by atoms with Gasteiger partial charge in [-0.05, 0) is 31.2 Å². The average Bonchev–Trinajstić information content (AvgIpc) is 2.75. The Kier molecular flexibility index (Phi) is 8.11. The molecule has 2 amide bonds. The predicted molar refractivity (Wildman–Crippen MR) is 122 cm³/mol. The molecule has 30 heavy (non-hydrogen) atoms. The number of nitrogens with one attached hydrogen (secondary N) is 2. The van der Waals surface area contributed by atoms with Crippen LogP contribution in [0.1, 0.15) is 19.4 Å². The fourth-order valence-corrected chi connectivity index (χ4v) is 3.75. The standard InChI is InChI=1S/C24H34N4O2/c1-19(2)23(28-15-13-27(3)14-16-28)17-25-24(29)26-22-12-8-7-9-20(22)18-30-21-10-5-4-6-11-21/h4-12,19,23H,13-18H2,1-3H3,(H2,25,26,29). The summed E-state index contributed by atoms with van der Waals surface area (Å²) >= 11 is 0. The van der Waals surface area contributed by atoms with Crippen molar-refractivity contribution in [1.29, 1.82) is 0 Å². The summed E-state index contributed by atoms with van der Waals surface area (Å²) in [6, 6.07) is 17.6. The summed E-state index contributed by atoms with van der Waals surface area (Å²) in [6.45, 7) is 9.71. The van der Waals surface area contributed by atoms with E-state index in [0.717, 1.165) is 43.2 Å². The molecule has 1 heterocycles. The number of likely N-dealkylation sites (N-methyl/N-ethyl adjacent to an activating group) is 1. The minimum Gasteiger partial charge on any atom is -0.489 e. The number of nitrogens with zero attached hydrogens (tertiary/aromatic N) is 2. The van der Waals surface area contributed by atoms with Crippen LogP contribution in [0.25, 0.3) is 0 Å². The van der Waals surface area contributed by atoms with E-state index in [0.29, 0.717) is 25.1 Å². The van der Waals surface area contributed by atoms with Crippen LogP contribution in [0.3, 0.4) is 0 Å². The van der Waals surface area contributed by atoms with Gasteiger partial charge in [-0.2, -0.15) is 0 Å². The SMILES string of the molecule is CC(C)C(CNC(=O)Nc1ccccc1COc1ccccc1)N1CCN(C)CC1. The number of rotatable bonds is 8. The van der Waals surface area contributed by atoms with Crippen LogP contribution in [0, 0.1) is 5.92 Å². The minimum atomic E-state index is -0.179. The van der Waals surface area contributed by atoms with Gasteiger partial charge in [0, 0.05) is 50.0 Å². The van der Waals surface area contributed by atoms with E-state index in [-0.39, 0.29) is 6.03 Å². The monoisotopic (exact) mass is 410 g/mol. The highest BCUT2D eigenvalue weighted by atomic mass is 16.5. The second kappa shape index (κ2) is 11.0. The summed E-state index contributed by atoms with van der Waals surface area (Å²) < 4.78 is 5.85. The molecule has 1 fully saturated rings. The predicted octanol–water partition coefficient (Wildman–Crippen LogP) is 3.66. The molecule has 2 N–H and O–H groups in total. The Morgan fingerprint density at radius 1 is 1.00 bits per heavy atom. The molecule has 1 aliphatic rings. The normalized spacial score (nSPS) is 16.3. The third kappa shape index (κ3) is 6.47. The molecule has 0 saturated carbocycles. The van der Waals surface area contributed by atoms with Gasteiger partial charge in [0.1, 0.15) is 12.4 Å². The van der Waals surface area contributed by atoms with Crippen molar-refractivity contribution in [3.8, 4) is 5.75 Å². The second-order valence-electron chi connectivity index (χ2n) is 8.24.